The Morgan fingerprint density at radius 1 is 1.08 bits per heavy atom. The molecule has 0 spiro atoms. The molecule has 122 valence electrons. The Bertz CT molecular complexity index is 868. The third-order valence-corrected chi connectivity index (χ3v) is 4.92. The van der Waals surface area contributed by atoms with E-state index in [0.717, 1.165) is 17.3 Å². The van der Waals surface area contributed by atoms with Gasteiger partial charge in [0.15, 0.2) is 5.82 Å². The molecule has 1 aromatic heterocycles. The predicted octanol–water partition coefficient (Wildman–Crippen LogP) is 2.63. The Balaban J connectivity index is 1.94. The van der Waals surface area contributed by atoms with Crippen molar-refractivity contribution >= 4 is 29.3 Å². The van der Waals surface area contributed by atoms with E-state index in [4.69, 9.17) is 23.2 Å². The minimum atomic E-state index is -0.614. The largest absolute Gasteiger partial charge is 0.368 e. The van der Waals surface area contributed by atoms with E-state index in [1.54, 1.807) is 12.1 Å². The van der Waals surface area contributed by atoms with Crippen molar-refractivity contribution in [3.8, 4) is 11.4 Å². The Hall–Kier alpha value is -2.51. The quantitative estimate of drug-likeness (QED) is 0.538. The number of hydrogen-bond donors (Lipinski definition) is 2. The molecule has 3 aromatic rings. The second-order valence-electron chi connectivity index (χ2n) is 4.97. The van der Waals surface area contributed by atoms with Gasteiger partial charge in [0.1, 0.15) is 5.25 Å². The first-order chi connectivity index (χ1) is 11.6. The van der Waals surface area contributed by atoms with E-state index in [2.05, 4.69) is 10.2 Å². The number of aromatic nitrogens is 3. The molecule has 1 unspecified atom stereocenters. The number of primary amides is 1. The molecule has 0 saturated heterocycles. The summed E-state index contributed by atoms with van der Waals surface area (Å²) in [7, 11) is 0. The molecule has 2 aromatic carbocycles. The summed E-state index contributed by atoms with van der Waals surface area (Å²) < 4.78 is 1.31. The van der Waals surface area contributed by atoms with Gasteiger partial charge in [-0.05, 0) is 17.7 Å². The minimum Gasteiger partial charge on any atom is -0.368 e. The molecule has 1 heterocycles. The highest BCUT2D eigenvalue weighted by atomic mass is 35.5. The van der Waals surface area contributed by atoms with Gasteiger partial charge in [-0.3, -0.25) is 4.79 Å². The molecule has 0 fully saturated rings. The van der Waals surface area contributed by atoms with Crippen LogP contribution in [0, 0.1) is 0 Å². The Labute approximate surface area is 147 Å². The van der Waals surface area contributed by atoms with Crippen molar-refractivity contribution in [2.75, 3.05) is 5.84 Å². The van der Waals surface area contributed by atoms with Crippen molar-refractivity contribution in [3.63, 3.8) is 0 Å². The van der Waals surface area contributed by atoms with E-state index in [9.17, 15) is 4.79 Å². The third-order valence-electron chi connectivity index (χ3n) is 3.36. The monoisotopic (exact) mass is 359 g/mol. The SMILES string of the molecule is NC(=O)C(Sc1nnc(-c2ccccc2Cl)n1N)c1ccccc1. The Morgan fingerprint density at radius 3 is 2.42 bits per heavy atom. The number of rotatable bonds is 5. The van der Waals surface area contributed by atoms with Crippen molar-refractivity contribution in [2.45, 2.75) is 10.4 Å². The lowest BCUT2D eigenvalue weighted by molar-refractivity contribution is -0.117. The number of nitrogens with zero attached hydrogens (tertiary/aromatic N) is 3. The van der Waals surface area contributed by atoms with E-state index in [1.165, 1.54) is 4.68 Å². The normalized spacial score (nSPS) is 12.0. The Kier molecular flexibility index (Phi) is 4.73. The first kappa shape index (κ1) is 16.4. The fourth-order valence-corrected chi connectivity index (χ4v) is 3.34. The molecular formula is C16H14ClN5OS. The Morgan fingerprint density at radius 2 is 1.75 bits per heavy atom. The molecule has 1 atom stereocenters. The summed E-state index contributed by atoms with van der Waals surface area (Å²) in [6.45, 7) is 0. The molecule has 0 aliphatic rings. The zero-order chi connectivity index (χ0) is 17.1. The molecule has 0 aliphatic heterocycles. The van der Waals surface area contributed by atoms with Gasteiger partial charge in [-0.1, -0.05) is 65.8 Å². The third kappa shape index (κ3) is 3.22. The summed E-state index contributed by atoms with van der Waals surface area (Å²) in [6, 6.07) is 16.4. The van der Waals surface area contributed by atoms with Crippen LogP contribution in [0.25, 0.3) is 11.4 Å². The van der Waals surface area contributed by atoms with Gasteiger partial charge in [0.2, 0.25) is 11.1 Å². The molecular weight excluding hydrogens is 346 g/mol. The highest BCUT2D eigenvalue weighted by molar-refractivity contribution is 8.00. The lowest BCUT2D eigenvalue weighted by Gasteiger charge is -2.12. The number of halogens is 1. The summed E-state index contributed by atoms with van der Waals surface area (Å²) in [6.07, 6.45) is 0. The number of carbonyl (C=O) groups excluding carboxylic acids is 1. The highest BCUT2D eigenvalue weighted by Crippen LogP contribution is 2.35. The summed E-state index contributed by atoms with van der Waals surface area (Å²) in [5.74, 6) is 6.03. The molecule has 1 amide bonds. The maximum atomic E-state index is 11.8. The fourth-order valence-electron chi connectivity index (χ4n) is 2.21. The van der Waals surface area contributed by atoms with Crippen molar-refractivity contribution in [3.05, 3.63) is 65.2 Å². The summed E-state index contributed by atoms with van der Waals surface area (Å²) in [5.41, 5.74) is 6.97. The average molecular weight is 360 g/mol. The first-order valence-corrected chi connectivity index (χ1v) is 8.30. The van der Waals surface area contributed by atoms with Gasteiger partial charge in [-0.15, -0.1) is 10.2 Å². The van der Waals surface area contributed by atoms with Gasteiger partial charge in [-0.2, -0.15) is 0 Å². The molecule has 0 radical (unpaired) electrons. The molecule has 0 saturated carbocycles. The smallest absolute Gasteiger partial charge is 0.235 e. The summed E-state index contributed by atoms with van der Waals surface area (Å²) >= 11 is 7.32. The van der Waals surface area contributed by atoms with Gasteiger partial charge in [0, 0.05) is 5.56 Å². The van der Waals surface area contributed by atoms with Crippen LogP contribution >= 0.6 is 23.4 Å². The molecule has 6 nitrogen and oxygen atoms in total. The first-order valence-electron chi connectivity index (χ1n) is 7.04. The number of thioether (sulfide) groups is 1. The van der Waals surface area contributed by atoms with E-state index in [-0.39, 0.29) is 0 Å². The molecule has 8 heteroatoms. The van der Waals surface area contributed by atoms with Gasteiger partial charge >= 0.3 is 0 Å². The average Bonchev–Trinajstić information content (AvgIpc) is 2.94. The molecule has 0 aliphatic carbocycles. The van der Waals surface area contributed by atoms with E-state index in [0.29, 0.717) is 21.6 Å². The predicted molar refractivity (Wildman–Crippen MR) is 94.9 cm³/mol. The van der Waals surface area contributed by atoms with Gasteiger partial charge in [-0.25, -0.2) is 4.68 Å². The number of amides is 1. The van der Waals surface area contributed by atoms with Crippen LogP contribution in [0.2, 0.25) is 5.02 Å². The number of nitrogens with two attached hydrogens (primary N) is 2. The zero-order valence-corrected chi connectivity index (χ0v) is 14.0. The highest BCUT2D eigenvalue weighted by Gasteiger charge is 2.23. The van der Waals surface area contributed by atoms with Crippen molar-refractivity contribution in [1.29, 1.82) is 0 Å². The van der Waals surface area contributed by atoms with Crippen LogP contribution in [-0.4, -0.2) is 20.8 Å². The molecule has 4 N–H and O–H groups in total. The van der Waals surface area contributed by atoms with Gasteiger partial charge in [0.05, 0.1) is 5.02 Å². The maximum absolute atomic E-state index is 11.8. The van der Waals surface area contributed by atoms with Crippen LogP contribution in [0.1, 0.15) is 10.8 Å². The number of nitrogen functional groups attached to an aromatic ring is 1. The lowest BCUT2D eigenvalue weighted by atomic mass is 10.1. The summed E-state index contributed by atoms with van der Waals surface area (Å²) in [5, 5.41) is 8.42. The number of benzene rings is 2. The van der Waals surface area contributed by atoms with Gasteiger partial charge < -0.3 is 11.6 Å². The van der Waals surface area contributed by atoms with Crippen LogP contribution in [0.3, 0.4) is 0 Å². The van der Waals surface area contributed by atoms with E-state index < -0.39 is 11.2 Å². The maximum Gasteiger partial charge on any atom is 0.235 e. The van der Waals surface area contributed by atoms with Crippen molar-refractivity contribution < 1.29 is 4.79 Å². The molecule has 0 bridgehead atoms. The number of carbonyl (C=O) groups is 1. The van der Waals surface area contributed by atoms with Crippen LogP contribution in [0.4, 0.5) is 0 Å². The fraction of sp³-hybridized carbons (Fsp3) is 0.0625. The van der Waals surface area contributed by atoms with Crippen LogP contribution < -0.4 is 11.6 Å². The van der Waals surface area contributed by atoms with Crippen LogP contribution in [-0.2, 0) is 4.79 Å². The second kappa shape index (κ2) is 6.94. The van der Waals surface area contributed by atoms with Crippen molar-refractivity contribution in [2.24, 2.45) is 5.73 Å². The number of hydrogen-bond acceptors (Lipinski definition) is 5. The van der Waals surface area contributed by atoms with E-state index >= 15 is 0 Å². The van der Waals surface area contributed by atoms with Crippen LogP contribution in [0.5, 0.6) is 0 Å². The van der Waals surface area contributed by atoms with Crippen molar-refractivity contribution in [1.82, 2.24) is 14.9 Å². The zero-order valence-electron chi connectivity index (χ0n) is 12.5. The van der Waals surface area contributed by atoms with E-state index in [1.807, 2.05) is 42.5 Å². The molecule has 3 rings (SSSR count). The van der Waals surface area contributed by atoms with Crippen LogP contribution in [0.15, 0.2) is 59.8 Å². The standard InChI is InChI=1S/C16H14ClN5OS/c17-12-9-5-4-8-11(12)15-20-21-16(22(15)19)24-13(14(18)23)10-6-2-1-3-7-10/h1-9,13H,19H2,(H2,18,23). The van der Waals surface area contributed by atoms with Gasteiger partial charge in [0.25, 0.3) is 0 Å². The lowest BCUT2D eigenvalue weighted by Crippen LogP contribution is -2.20. The second-order valence-corrected chi connectivity index (χ2v) is 6.45. The molecule has 24 heavy (non-hydrogen) atoms. The summed E-state index contributed by atoms with van der Waals surface area (Å²) in [4.78, 5) is 11.8. The topological polar surface area (TPSA) is 99.8 Å². The minimum absolute atomic E-state index is 0.373.